The van der Waals surface area contributed by atoms with Crippen LogP contribution in [0.3, 0.4) is 0 Å². The van der Waals surface area contributed by atoms with Gasteiger partial charge in [0.05, 0.1) is 10.6 Å². The van der Waals surface area contributed by atoms with Gasteiger partial charge in [0.25, 0.3) is 5.56 Å². The number of rotatable bonds is 4. The van der Waals surface area contributed by atoms with E-state index in [2.05, 4.69) is 15.3 Å². The van der Waals surface area contributed by atoms with E-state index in [1.165, 1.54) is 0 Å². The van der Waals surface area contributed by atoms with Crippen molar-refractivity contribution in [1.82, 2.24) is 9.97 Å². The number of thiophene rings is 1. The Labute approximate surface area is 167 Å². The molecule has 0 bridgehead atoms. The minimum atomic E-state index is -1.54. The number of benzene rings is 1. The maximum absolute atomic E-state index is 12.3. The standard InChI is InChI=1S/C19H15N3O6S/c23-14-13(18(25)26)21-16(22-17(14)24)15-12(5-6-29-15)20-19(27)28-11-7-9-3-1-2-4-10(9)8-11/h1-6,11,23H,7-8H2,(H,20,27)(H,25,26)(H,21,22,24). The SMILES string of the molecule is O=C(Nc1ccsc1-c1nc(C(=O)O)c(O)c(=O)[nH]1)OC1Cc2ccccc2C1. The molecule has 2 heterocycles. The molecule has 9 nitrogen and oxygen atoms in total. The van der Waals surface area contributed by atoms with E-state index in [4.69, 9.17) is 9.84 Å². The van der Waals surface area contributed by atoms with Crippen LogP contribution in [0.4, 0.5) is 10.5 Å². The molecular formula is C19H15N3O6S. The van der Waals surface area contributed by atoms with Gasteiger partial charge in [0.1, 0.15) is 6.10 Å². The molecule has 4 rings (SSSR count). The molecule has 1 aromatic carbocycles. The van der Waals surface area contributed by atoms with Gasteiger partial charge in [-0.05, 0) is 22.6 Å². The summed E-state index contributed by atoms with van der Waals surface area (Å²) in [5.74, 6) is -2.60. The number of amides is 1. The highest BCUT2D eigenvalue weighted by Gasteiger charge is 2.25. The van der Waals surface area contributed by atoms with Crippen LogP contribution in [0.5, 0.6) is 5.75 Å². The van der Waals surface area contributed by atoms with Gasteiger partial charge in [0, 0.05) is 12.8 Å². The lowest BCUT2D eigenvalue weighted by molar-refractivity contribution is 0.0686. The number of carbonyl (C=O) groups is 2. The Bertz CT molecular complexity index is 1140. The van der Waals surface area contributed by atoms with E-state index in [-0.39, 0.29) is 11.9 Å². The summed E-state index contributed by atoms with van der Waals surface area (Å²) in [6.45, 7) is 0. The number of nitrogens with one attached hydrogen (secondary N) is 2. The Kier molecular flexibility index (Phi) is 4.77. The van der Waals surface area contributed by atoms with Crippen LogP contribution < -0.4 is 10.9 Å². The highest BCUT2D eigenvalue weighted by atomic mass is 32.1. The number of H-pyrrole nitrogens is 1. The number of aromatic amines is 1. The van der Waals surface area contributed by atoms with Gasteiger partial charge in [-0.2, -0.15) is 0 Å². The Morgan fingerprint density at radius 1 is 1.21 bits per heavy atom. The summed E-state index contributed by atoms with van der Waals surface area (Å²) in [6.07, 6.45) is 0.325. The van der Waals surface area contributed by atoms with Gasteiger partial charge in [0.15, 0.2) is 11.5 Å². The van der Waals surface area contributed by atoms with Crippen molar-refractivity contribution in [2.24, 2.45) is 0 Å². The summed E-state index contributed by atoms with van der Waals surface area (Å²) in [7, 11) is 0. The van der Waals surface area contributed by atoms with Gasteiger partial charge in [-0.3, -0.25) is 10.1 Å². The molecular weight excluding hydrogens is 398 g/mol. The minimum Gasteiger partial charge on any atom is -0.501 e. The van der Waals surface area contributed by atoms with Gasteiger partial charge >= 0.3 is 12.1 Å². The zero-order chi connectivity index (χ0) is 20.5. The molecule has 148 valence electrons. The average Bonchev–Trinajstić information content (AvgIpc) is 3.29. The average molecular weight is 413 g/mol. The molecule has 1 amide bonds. The molecule has 0 aliphatic heterocycles. The summed E-state index contributed by atoms with van der Waals surface area (Å²) in [4.78, 5) is 41.8. The van der Waals surface area contributed by atoms with E-state index < -0.39 is 29.1 Å². The molecule has 29 heavy (non-hydrogen) atoms. The Balaban J connectivity index is 1.51. The lowest BCUT2D eigenvalue weighted by Crippen LogP contribution is -2.23. The normalized spacial score (nSPS) is 13.1. The van der Waals surface area contributed by atoms with Crippen LogP contribution in [0.25, 0.3) is 10.7 Å². The van der Waals surface area contributed by atoms with Crippen molar-refractivity contribution < 1.29 is 24.5 Å². The fraction of sp³-hybridized carbons (Fsp3) is 0.158. The van der Waals surface area contributed by atoms with Gasteiger partial charge in [-0.15, -0.1) is 11.3 Å². The monoisotopic (exact) mass is 413 g/mol. The molecule has 3 aromatic rings. The quantitative estimate of drug-likeness (QED) is 0.515. The number of aromatic hydroxyl groups is 1. The highest BCUT2D eigenvalue weighted by molar-refractivity contribution is 7.14. The maximum atomic E-state index is 12.3. The summed E-state index contributed by atoms with van der Waals surface area (Å²) in [5, 5.41) is 22.9. The van der Waals surface area contributed by atoms with Gasteiger partial charge in [0.2, 0.25) is 5.75 Å². The van der Waals surface area contributed by atoms with E-state index >= 15 is 0 Å². The van der Waals surface area contributed by atoms with E-state index in [1.54, 1.807) is 11.4 Å². The van der Waals surface area contributed by atoms with E-state index in [1.807, 2.05) is 24.3 Å². The molecule has 2 aromatic heterocycles. The Morgan fingerprint density at radius 3 is 2.55 bits per heavy atom. The van der Waals surface area contributed by atoms with E-state index in [0.717, 1.165) is 22.5 Å². The topological polar surface area (TPSA) is 142 Å². The number of hydrogen-bond donors (Lipinski definition) is 4. The van der Waals surface area contributed by atoms with Crippen molar-refractivity contribution in [2.75, 3.05) is 5.32 Å². The molecule has 0 atom stereocenters. The highest BCUT2D eigenvalue weighted by Crippen LogP contribution is 2.32. The number of aromatic nitrogens is 2. The first-order chi connectivity index (χ1) is 13.9. The number of carboxylic acid groups (broad SMARTS) is 1. The smallest absolute Gasteiger partial charge is 0.411 e. The molecule has 0 spiro atoms. The summed E-state index contributed by atoms with van der Waals surface area (Å²) >= 11 is 1.13. The first kappa shape index (κ1) is 18.7. The molecule has 10 heteroatoms. The fourth-order valence-electron chi connectivity index (χ4n) is 3.21. The molecule has 0 radical (unpaired) electrons. The van der Waals surface area contributed by atoms with Crippen molar-refractivity contribution in [1.29, 1.82) is 0 Å². The van der Waals surface area contributed by atoms with Crippen LogP contribution in [0.1, 0.15) is 21.6 Å². The van der Waals surface area contributed by atoms with Crippen LogP contribution in [-0.2, 0) is 17.6 Å². The lowest BCUT2D eigenvalue weighted by atomic mass is 10.1. The minimum absolute atomic E-state index is 0.0798. The zero-order valence-corrected chi connectivity index (χ0v) is 15.7. The largest absolute Gasteiger partial charge is 0.501 e. The second-order valence-corrected chi connectivity index (χ2v) is 7.33. The van der Waals surface area contributed by atoms with Crippen LogP contribution in [0.15, 0.2) is 40.5 Å². The first-order valence-corrected chi connectivity index (χ1v) is 9.49. The lowest BCUT2D eigenvalue weighted by Gasteiger charge is -2.12. The van der Waals surface area contributed by atoms with Crippen LogP contribution >= 0.6 is 11.3 Å². The number of hydrogen-bond acceptors (Lipinski definition) is 7. The van der Waals surface area contributed by atoms with Gasteiger partial charge in [-0.25, -0.2) is 14.6 Å². The molecule has 0 unspecified atom stereocenters. The van der Waals surface area contributed by atoms with Crippen molar-refractivity contribution in [3.8, 4) is 16.5 Å². The summed E-state index contributed by atoms with van der Waals surface area (Å²) in [6, 6.07) is 9.46. The van der Waals surface area contributed by atoms with Gasteiger partial charge < -0.3 is 19.9 Å². The first-order valence-electron chi connectivity index (χ1n) is 8.61. The number of aromatic carboxylic acids is 1. The van der Waals surface area contributed by atoms with E-state index in [0.29, 0.717) is 23.4 Å². The van der Waals surface area contributed by atoms with Crippen molar-refractivity contribution in [3.63, 3.8) is 0 Å². The molecule has 4 N–H and O–H groups in total. The van der Waals surface area contributed by atoms with Gasteiger partial charge in [-0.1, -0.05) is 24.3 Å². The number of fused-ring (bicyclic) bond motifs is 1. The third-order valence-corrected chi connectivity index (χ3v) is 5.42. The third-order valence-electron chi connectivity index (χ3n) is 4.50. The molecule has 0 saturated heterocycles. The maximum Gasteiger partial charge on any atom is 0.411 e. The number of nitrogens with zero attached hydrogens (tertiary/aromatic N) is 1. The molecule has 0 fully saturated rings. The number of ether oxygens (including phenoxy) is 1. The van der Waals surface area contributed by atoms with Crippen LogP contribution in [-0.4, -0.2) is 38.3 Å². The van der Waals surface area contributed by atoms with Crippen molar-refractivity contribution in [3.05, 3.63) is 62.9 Å². The van der Waals surface area contributed by atoms with Crippen LogP contribution in [0.2, 0.25) is 0 Å². The number of anilines is 1. The predicted octanol–water partition coefficient (Wildman–Crippen LogP) is 2.62. The predicted molar refractivity (Wildman–Crippen MR) is 105 cm³/mol. The van der Waals surface area contributed by atoms with Crippen molar-refractivity contribution in [2.45, 2.75) is 18.9 Å². The fourth-order valence-corrected chi connectivity index (χ4v) is 4.00. The summed E-state index contributed by atoms with van der Waals surface area (Å²) in [5.41, 5.74) is 0.843. The summed E-state index contributed by atoms with van der Waals surface area (Å²) < 4.78 is 5.49. The second kappa shape index (κ2) is 7.40. The van der Waals surface area contributed by atoms with Crippen molar-refractivity contribution >= 4 is 29.1 Å². The third kappa shape index (κ3) is 3.69. The van der Waals surface area contributed by atoms with E-state index in [9.17, 15) is 19.5 Å². The molecule has 1 aliphatic rings. The number of carboxylic acids is 1. The Hall–Kier alpha value is -3.66. The Morgan fingerprint density at radius 2 is 1.90 bits per heavy atom. The zero-order valence-electron chi connectivity index (χ0n) is 14.8. The second-order valence-electron chi connectivity index (χ2n) is 6.41. The van der Waals surface area contributed by atoms with Crippen LogP contribution in [0, 0.1) is 0 Å². The number of carbonyl (C=O) groups excluding carboxylic acids is 1. The molecule has 0 saturated carbocycles. The molecule has 1 aliphatic carbocycles.